The van der Waals surface area contributed by atoms with Crippen LogP contribution < -0.4 is 10.1 Å². The zero-order valence-electron chi connectivity index (χ0n) is 11.5. The molecule has 102 valence electrons. The molecule has 0 bridgehead atoms. The Morgan fingerprint density at radius 3 is 2.70 bits per heavy atom. The highest BCUT2D eigenvalue weighted by molar-refractivity contribution is 5.44. The van der Waals surface area contributed by atoms with Crippen LogP contribution in [0.2, 0.25) is 0 Å². The molecule has 0 aliphatic heterocycles. The normalized spacial score (nSPS) is 10.7. The van der Waals surface area contributed by atoms with Crippen LogP contribution in [-0.2, 0) is 6.54 Å². The van der Waals surface area contributed by atoms with E-state index in [1.807, 2.05) is 49.5 Å². The lowest BCUT2D eigenvalue weighted by Crippen LogP contribution is -2.01. The number of aromatic nitrogens is 3. The van der Waals surface area contributed by atoms with Crippen LogP contribution in [0.3, 0.4) is 0 Å². The van der Waals surface area contributed by atoms with Gasteiger partial charge in [0.05, 0.1) is 7.11 Å². The van der Waals surface area contributed by atoms with E-state index >= 15 is 0 Å². The minimum Gasteiger partial charge on any atom is -0.497 e. The minimum atomic E-state index is 0.631. The van der Waals surface area contributed by atoms with Gasteiger partial charge in [-0.25, -0.2) is 4.52 Å². The molecule has 5 heteroatoms. The van der Waals surface area contributed by atoms with E-state index in [1.54, 1.807) is 11.6 Å². The molecule has 0 aliphatic carbocycles. The third-order valence-electron chi connectivity index (χ3n) is 3.09. The topological polar surface area (TPSA) is 51.5 Å². The highest BCUT2D eigenvalue weighted by atomic mass is 16.5. The number of hydrogen-bond donors (Lipinski definition) is 1. The van der Waals surface area contributed by atoms with E-state index in [0.717, 1.165) is 22.5 Å². The fourth-order valence-corrected chi connectivity index (χ4v) is 1.99. The van der Waals surface area contributed by atoms with Crippen molar-refractivity contribution >= 4 is 11.6 Å². The Bertz CT molecular complexity index is 718. The lowest BCUT2D eigenvalue weighted by atomic mass is 10.2. The predicted molar refractivity (Wildman–Crippen MR) is 78.0 cm³/mol. The first-order chi connectivity index (χ1) is 9.74. The van der Waals surface area contributed by atoms with Crippen LogP contribution in [-0.4, -0.2) is 21.7 Å². The zero-order valence-corrected chi connectivity index (χ0v) is 11.5. The van der Waals surface area contributed by atoms with E-state index in [9.17, 15) is 0 Å². The van der Waals surface area contributed by atoms with Gasteiger partial charge in [-0.1, -0.05) is 18.2 Å². The van der Waals surface area contributed by atoms with Gasteiger partial charge < -0.3 is 10.1 Å². The van der Waals surface area contributed by atoms with Crippen molar-refractivity contribution in [3.63, 3.8) is 0 Å². The number of fused-ring (bicyclic) bond motifs is 1. The summed E-state index contributed by atoms with van der Waals surface area (Å²) in [5.74, 6) is 1.49. The van der Waals surface area contributed by atoms with Gasteiger partial charge in [0.1, 0.15) is 5.75 Å². The van der Waals surface area contributed by atoms with Gasteiger partial charge in [0.15, 0.2) is 5.65 Å². The first-order valence-electron chi connectivity index (χ1n) is 6.44. The van der Waals surface area contributed by atoms with Gasteiger partial charge >= 0.3 is 0 Å². The van der Waals surface area contributed by atoms with Gasteiger partial charge in [-0.05, 0) is 36.2 Å². The third kappa shape index (κ3) is 2.56. The van der Waals surface area contributed by atoms with Gasteiger partial charge in [0.2, 0.25) is 5.95 Å². The maximum absolute atomic E-state index is 5.13. The molecule has 0 radical (unpaired) electrons. The lowest BCUT2D eigenvalue weighted by molar-refractivity contribution is 0.414. The monoisotopic (exact) mass is 268 g/mol. The number of methoxy groups -OCH3 is 1. The molecule has 5 nitrogen and oxygen atoms in total. The van der Waals surface area contributed by atoms with E-state index in [-0.39, 0.29) is 0 Å². The average molecular weight is 268 g/mol. The molecule has 1 N–H and O–H groups in total. The number of aryl methyl sites for hydroxylation is 1. The molecule has 1 aromatic carbocycles. The second-order valence-corrected chi connectivity index (χ2v) is 4.65. The van der Waals surface area contributed by atoms with Crippen molar-refractivity contribution in [2.45, 2.75) is 13.5 Å². The van der Waals surface area contributed by atoms with Gasteiger partial charge in [0, 0.05) is 12.7 Å². The molecular weight excluding hydrogens is 252 g/mol. The highest BCUT2D eigenvalue weighted by Gasteiger charge is 2.03. The first kappa shape index (κ1) is 12.5. The maximum atomic E-state index is 5.13. The summed E-state index contributed by atoms with van der Waals surface area (Å²) < 4.78 is 6.92. The lowest BCUT2D eigenvalue weighted by Gasteiger charge is -2.03. The molecule has 20 heavy (non-hydrogen) atoms. The van der Waals surface area contributed by atoms with Crippen LogP contribution in [0.1, 0.15) is 11.1 Å². The number of nitrogens with one attached hydrogen (secondary N) is 1. The van der Waals surface area contributed by atoms with Gasteiger partial charge in [-0.2, -0.15) is 4.98 Å². The van der Waals surface area contributed by atoms with Crippen molar-refractivity contribution in [1.29, 1.82) is 0 Å². The Morgan fingerprint density at radius 1 is 1.15 bits per heavy atom. The van der Waals surface area contributed by atoms with Crippen LogP contribution in [0.4, 0.5) is 5.95 Å². The van der Waals surface area contributed by atoms with Crippen molar-refractivity contribution in [2.24, 2.45) is 0 Å². The molecule has 2 heterocycles. The average Bonchev–Trinajstić information content (AvgIpc) is 2.87. The Labute approximate surface area is 117 Å². The van der Waals surface area contributed by atoms with Gasteiger partial charge in [-0.3, -0.25) is 0 Å². The predicted octanol–water partition coefficient (Wildman–Crippen LogP) is 2.66. The van der Waals surface area contributed by atoms with Crippen molar-refractivity contribution in [3.8, 4) is 5.75 Å². The standard InChI is InChI=1S/C15H16N4O/c1-11-3-8-14-17-15(18-19(14)10-11)16-9-12-4-6-13(20-2)7-5-12/h3-8,10H,9H2,1-2H3,(H,16,18). The van der Waals surface area contributed by atoms with Crippen LogP contribution in [0.15, 0.2) is 42.6 Å². The Hall–Kier alpha value is -2.56. The largest absolute Gasteiger partial charge is 0.497 e. The quantitative estimate of drug-likeness (QED) is 0.790. The molecule has 0 fully saturated rings. The Balaban J connectivity index is 1.72. The second-order valence-electron chi connectivity index (χ2n) is 4.65. The van der Waals surface area contributed by atoms with Crippen molar-refractivity contribution < 1.29 is 4.74 Å². The van der Waals surface area contributed by atoms with E-state index in [1.165, 1.54) is 0 Å². The number of nitrogens with zero attached hydrogens (tertiary/aromatic N) is 3. The number of ether oxygens (including phenoxy) is 1. The molecule has 0 saturated carbocycles. The molecule has 2 aromatic heterocycles. The molecule has 0 amide bonds. The first-order valence-corrected chi connectivity index (χ1v) is 6.44. The summed E-state index contributed by atoms with van der Waals surface area (Å²) in [6.07, 6.45) is 1.96. The van der Waals surface area contributed by atoms with E-state index < -0.39 is 0 Å². The van der Waals surface area contributed by atoms with Crippen molar-refractivity contribution in [1.82, 2.24) is 14.6 Å². The van der Waals surface area contributed by atoms with Crippen LogP contribution in [0.25, 0.3) is 5.65 Å². The summed E-state index contributed by atoms with van der Waals surface area (Å²) in [6.45, 7) is 2.71. The molecule has 0 saturated heterocycles. The summed E-state index contributed by atoms with van der Waals surface area (Å²) in [6, 6.07) is 11.9. The second kappa shape index (κ2) is 5.21. The summed E-state index contributed by atoms with van der Waals surface area (Å²) in [4.78, 5) is 4.42. The van der Waals surface area contributed by atoms with Crippen molar-refractivity contribution in [3.05, 3.63) is 53.7 Å². The van der Waals surface area contributed by atoms with Crippen LogP contribution >= 0.6 is 0 Å². The maximum Gasteiger partial charge on any atom is 0.243 e. The molecule has 0 atom stereocenters. The summed E-state index contributed by atoms with van der Waals surface area (Å²) >= 11 is 0. The summed E-state index contributed by atoms with van der Waals surface area (Å²) in [7, 11) is 1.66. The molecule has 3 aromatic rings. The van der Waals surface area contributed by atoms with Crippen LogP contribution in [0, 0.1) is 6.92 Å². The highest BCUT2D eigenvalue weighted by Crippen LogP contribution is 2.13. The minimum absolute atomic E-state index is 0.631. The van der Waals surface area contributed by atoms with Crippen LogP contribution in [0.5, 0.6) is 5.75 Å². The summed E-state index contributed by atoms with van der Waals surface area (Å²) in [5.41, 5.74) is 3.15. The number of hydrogen-bond acceptors (Lipinski definition) is 4. The smallest absolute Gasteiger partial charge is 0.243 e. The number of anilines is 1. The summed E-state index contributed by atoms with van der Waals surface area (Å²) in [5, 5.41) is 7.62. The molecule has 3 rings (SSSR count). The molecule has 0 aliphatic rings. The Morgan fingerprint density at radius 2 is 1.95 bits per heavy atom. The van der Waals surface area contributed by atoms with Gasteiger partial charge in [-0.15, -0.1) is 5.10 Å². The molecular formula is C15H16N4O. The van der Waals surface area contributed by atoms with E-state index in [0.29, 0.717) is 12.5 Å². The number of pyridine rings is 1. The van der Waals surface area contributed by atoms with E-state index in [2.05, 4.69) is 15.4 Å². The molecule has 0 unspecified atom stereocenters. The Kier molecular flexibility index (Phi) is 3.25. The number of rotatable bonds is 4. The fourth-order valence-electron chi connectivity index (χ4n) is 1.99. The van der Waals surface area contributed by atoms with E-state index in [4.69, 9.17) is 4.74 Å². The van der Waals surface area contributed by atoms with Gasteiger partial charge in [0.25, 0.3) is 0 Å². The number of benzene rings is 1. The molecule has 0 spiro atoms. The van der Waals surface area contributed by atoms with Crippen molar-refractivity contribution in [2.75, 3.05) is 12.4 Å². The third-order valence-corrected chi connectivity index (χ3v) is 3.09. The SMILES string of the molecule is COc1ccc(CNc2nc3ccc(C)cn3n2)cc1. The fraction of sp³-hybridized carbons (Fsp3) is 0.200. The zero-order chi connectivity index (χ0) is 13.9.